The molecule has 2 rings (SSSR count). The Balaban J connectivity index is 1.92. The third kappa shape index (κ3) is 6.49. The van der Waals surface area contributed by atoms with Gasteiger partial charge in [-0.05, 0) is 13.3 Å². The van der Waals surface area contributed by atoms with Gasteiger partial charge in [-0.25, -0.2) is 9.98 Å². The van der Waals surface area contributed by atoms with E-state index in [9.17, 15) is 13.2 Å². The van der Waals surface area contributed by atoms with Crippen LogP contribution < -0.4 is 10.6 Å². The molecule has 0 saturated carbocycles. The summed E-state index contributed by atoms with van der Waals surface area (Å²) in [5.41, 5.74) is -0.838. The van der Waals surface area contributed by atoms with Crippen molar-refractivity contribution in [2.75, 3.05) is 13.1 Å². The van der Waals surface area contributed by atoms with Gasteiger partial charge in [0.05, 0.1) is 5.01 Å². The van der Waals surface area contributed by atoms with Crippen LogP contribution in [0.3, 0.4) is 0 Å². The second-order valence-electron chi connectivity index (χ2n) is 5.97. The Kier molecular flexibility index (Phi) is 7.57. The number of halogens is 3. The van der Waals surface area contributed by atoms with E-state index >= 15 is 0 Å². The molecular formula is C16H24F3N7S. The smallest absolute Gasteiger partial charge is 0.356 e. The Morgan fingerprint density at radius 1 is 1.26 bits per heavy atom. The van der Waals surface area contributed by atoms with E-state index in [0.717, 1.165) is 47.8 Å². The van der Waals surface area contributed by atoms with Crippen molar-refractivity contribution >= 4 is 17.3 Å². The first-order valence-electron chi connectivity index (χ1n) is 8.70. The molecular weight excluding hydrogens is 379 g/mol. The van der Waals surface area contributed by atoms with Crippen molar-refractivity contribution in [1.29, 1.82) is 0 Å². The minimum absolute atomic E-state index is 0.355. The van der Waals surface area contributed by atoms with Crippen LogP contribution in [0.1, 0.15) is 42.1 Å². The summed E-state index contributed by atoms with van der Waals surface area (Å²) in [4.78, 5) is 8.12. The average Bonchev–Trinajstić information content (AvgIpc) is 3.21. The quantitative estimate of drug-likeness (QED) is 0.402. The van der Waals surface area contributed by atoms with Gasteiger partial charge in [0.15, 0.2) is 17.5 Å². The van der Waals surface area contributed by atoms with E-state index in [1.54, 1.807) is 0 Å². The SMILES string of the molecule is CCCCNC(=NCc1nnc(C)n1C)NCCc1nc(C(F)(F)F)cs1. The summed E-state index contributed by atoms with van der Waals surface area (Å²) in [5, 5.41) is 15.9. The second kappa shape index (κ2) is 9.67. The zero-order chi connectivity index (χ0) is 19.9. The van der Waals surface area contributed by atoms with Gasteiger partial charge < -0.3 is 15.2 Å². The maximum absolute atomic E-state index is 12.6. The minimum atomic E-state index is -4.40. The van der Waals surface area contributed by atoms with E-state index in [1.165, 1.54) is 0 Å². The molecule has 0 unspecified atom stereocenters. The molecule has 0 aliphatic carbocycles. The topological polar surface area (TPSA) is 80.0 Å². The van der Waals surface area contributed by atoms with Gasteiger partial charge in [0.25, 0.3) is 0 Å². The van der Waals surface area contributed by atoms with Gasteiger partial charge in [-0.15, -0.1) is 21.5 Å². The molecule has 0 saturated heterocycles. The zero-order valence-corrected chi connectivity index (χ0v) is 16.4. The summed E-state index contributed by atoms with van der Waals surface area (Å²) >= 11 is 1.01. The lowest BCUT2D eigenvalue weighted by Crippen LogP contribution is -2.39. The van der Waals surface area contributed by atoms with Crippen molar-refractivity contribution in [2.45, 2.75) is 45.8 Å². The number of guanidine groups is 1. The number of aromatic nitrogens is 4. The fourth-order valence-corrected chi connectivity index (χ4v) is 2.95. The number of nitrogens with zero attached hydrogens (tertiary/aromatic N) is 5. The number of hydrogen-bond donors (Lipinski definition) is 2. The van der Waals surface area contributed by atoms with Crippen molar-refractivity contribution in [3.8, 4) is 0 Å². The highest BCUT2D eigenvalue weighted by Crippen LogP contribution is 2.29. The summed E-state index contributed by atoms with van der Waals surface area (Å²) in [6.45, 7) is 5.50. The van der Waals surface area contributed by atoms with Gasteiger partial charge in [-0.2, -0.15) is 13.2 Å². The van der Waals surface area contributed by atoms with E-state index in [1.807, 2.05) is 18.5 Å². The number of alkyl halides is 3. The van der Waals surface area contributed by atoms with Crippen molar-refractivity contribution in [3.63, 3.8) is 0 Å². The molecule has 0 aliphatic rings. The first-order chi connectivity index (χ1) is 12.8. The predicted molar refractivity (Wildman–Crippen MR) is 98.6 cm³/mol. The van der Waals surface area contributed by atoms with Crippen LogP contribution in [0.15, 0.2) is 10.4 Å². The van der Waals surface area contributed by atoms with Crippen molar-refractivity contribution in [2.24, 2.45) is 12.0 Å². The van der Waals surface area contributed by atoms with E-state index in [0.29, 0.717) is 30.5 Å². The third-order valence-electron chi connectivity index (χ3n) is 3.86. The lowest BCUT2D eigenvalue weighted by atomic mass is 10.3. The van der Waals surface area contributed by atoms with Gasteiger partial charge in [0.1, 0.15) is 12.4 Å². The molecule has 0 spiro atoms. The van der Waals surface area contributed by atoms with Gasteiger partial charge in [-0.1, -0.05) is 13.3 Å². The van der Waals surface area contributed by atoms with Crippen LogP contribution in [-0.4, -0.2) is 38.8 Å². The van der Waals surface area contributed by atoms with Crippen molar-refractivity contribution in [1.82, 2.24) is 30.4 Å². The maximum Gasteiger partial charge on any atom is 0.434 e. The number of aryl methyl sites for hydroxylation is 1. The van der Waals surface area contributed by atoms with E-state index < -0.39 is 11.9 Å². The molecule has 27 heavy (non-hydrogen) atoms. The van der Waals surface area contributed by atoms with Crippen LogP contribution in [0.5, 0.6) is 0 Å². The Morgan fingerprint density at radius 3 is 2.59 bits per heavy atom. The molecule has 0 aromatic carbocycles. The number of hydrogen-bond acceptors (Lipinski definition) is 5. The Labute approximate surface area is 160 Å². The van der Waals surface area contributed by atoms with Gasteiger partial charge in [0, 0.05) is 31.9 Å². The first kappa shape index (κ1) is 21.1. The molecule has 7 nitrogen and oxygen atoms in total. The second-order valence-corrected chi connectivity index (χ2v) is 6.91. The first-order valence-corrected chi connectivity index (χ1v) is 9.58. The van der Waals surface area contributed by atoms with Crippen molar-refractivity contribution < 1.29 is 13.2 Å². The molecule has 0 atom stereocenters. The highest BCUT2D eigenvalue weighted by Gasteiger charge is 2.33. The molecule has 2 aromatic heterocycles. The van der Waals surface area contributed by atoms with E-state index in [4.69, 9.17) is 0 Å². The Morgan fingerprint density at radius 2 is 2.00 bits per heavy atom. The molecule has 150 valence electrons. The number of unbranched alkanes of at least 4 members (excludes halogenated alkanes) is 1. The molecule has 0 radical (unpaired) electrons. The molecule has 2 N–H and O–H groups in total. The van der Waals surface area contributed by atoms with Gasteiger partial charge >= 0.3 is 6.18 Å². The summed E-state index contributed by atoms with van der Waals surface area (Å²) in [6.07, 6.45) is -1.98. The fourth-order valence-electron chi connectivity index (χ4n) is 2.14. The molecule has 2 aromatic rings. The van der Waals surface area contributed by atoms with Gasteiger partial charge in [-0.3, -0.25) is 0 Å². The number of thiazole rings is 1. The molecule has 0 bridgehead atoms. The predicted octanol–water partition coefficient (Wildman–Crippen LogP) is 2.68. The largest absolute Gasteiger partial charge is 0.434 e. The van der Waals surface area contributed by atoms with Crippen molar-refractivity contribution in [3.05, 3.63) is 27.7 Å². The van der Waals surface area contributed by atoms with Crippen LogP contribution in [-0.2, 0) is 26.2 Å². The van der Waals surface area contributed by atoms with Crippen LogP contribution in [0, 0.1) is 6.92 Å². The number of nitrogens with one attached hydrogen (secondary N) is 2. The highest BCUT2D eigenvalue weighted by atomic mass is 32.1. The fraction of sp³-hybridized carbons (Fsp3) is 0.625. The monoisotopic (exact) mass is 403 g/mol. The van der Waals surface area contributed by atoms with Crippen LogP contribution in [0.4, 0.5) is 13.2 Å². The standard InChI is InChI=1S/C16H24F3N7S/c1-4-5-7-20-15(22-9-13-25-24-11(2)26(13)3)21-8-6-14-23-12(10-27-14)16(17,18)19/h10H,4-9H2,1-3H3,(H2,20,21,22). The zero-order valence-electron chi connectivity index (χ0n) is 15.6. The lowest BCUT2D eigenvalue weighted by molar-refractivity contribution is -0.140. The average molecular weight is 403 g/mol. The van der Waals surface area contributed by atoms with Crippen LogP contribution >= 0.6 is 11.3 Å². The molecule has 2 heterocycles. The molecule has 0 aliphatic heterocycles. The minimum Gasteiger partial charge on any atom is -0.356 e. The molecule has 0 amide bonds. The molecule has 0 fully saturated rings. The third-order valence-corrected chi connectivity index (χ3v) is 4.77. The summed E-state index contributed by atoms with van der Waals surface area (Å²) in [5.74, 6) is 2.13. The summed E-state index contributed by atoms with van der Waals surface area (Å²) < 4.78 is 39.7. The Bertz CT molecular complexity index is 752. The molecule has 11 heteroatoms. The summed E-state index contributed by atoms with van der Waals surface area (Å²) in [7, 11) is 1.87. The normalized spacial score (nSPS) is 12.4. The Hall–Kier alpha value is -2.17. The lowest BCUT2D eigenvalue weighted by Gasteiger charge is -2.12. The number of aliphatic imine (C=N–C) groups is 1. The van der Waals surface area contributed by atoms with Crippen LogP contribution in [0.2, 0.25) is 0 Å². The number of rotatable bonds is 8. The summed E-state index contributed by atoms with van der Waals surface area (Å²) in [6, 6.07) is 0. The maximum atomic E-state index is 12.6. The van der Waals surface area contributed by atoms with Crippen LogP contribution in [0.25, 0.3) is 0 Å². The van der Waals surface area contributed by atoms with E-state index in [2.05, 4.69) is 37.7 Å². The van der Waals surface area contributed by atoms with Gasteiger partial charge in [0.2, 0.25) is 0 Å². The highest BCUT2D eigenvalue weighted by molar-refractivity contribution is 7.09. The van der Waals surface area contributed by atoms with E-state index in [-0.39, 0.29) is 0 Å².